The van der Waals surface area contributed by atoms with Gasteiger partial charge in [0.1, 0.15) is 0 Å². The van der Waals surface area contributed by atoms with E-state index in [0.717, 1.165) is 6.42 Å². The van der Waals surface area contributed by atoms with E-state index in [-0.39, 0.29) is 40.2 Å². The number of nitrogens with zero attached hydrogens (tertiary/aromatic N) is 2. The maximum absolute atomic E-state index is 13.2. The third-order valence-corrected chi connectivity index (χ3v) is 7.02. The highest BCUT2D eigenvalue weighted by atomic mass is 32.2. The fourth-order valence-electron chi connectivity index (χ4n) is 4.20. The standard InChI is InChI=1S/C23H27N3O5S/c1-16-14-25(15-17(2)31-16)23(28)20-6-3-4-7-21(20)24-32(29,30)19-11-9-18(10-12-19)26-13-5-8-22(26)27/h3-4,6-7,9-12,16-17,24H,5,8,13-15H2,1-2H3. The van der Waals surface area contributed by atoms with Crippen LogP contribution in [0.5, 0.6) is 0 Å². The van der Waals surface area contributed by atoms with Crippen molar-refractivity contribution in [2.75, 3.05) is 29.3 Å². The maximum atomic E-state index is 13.2. The van der Waals surface area contributed by atoms with E-state index < -0.39 is 10.0 Å². The Hall–Kier alpha value is -2.91. The molecule has 4 rings (SSSR count). The van der Waals surface area contributed by atoms with Gasteiger partial charge in [-0.2, -0.15) is 0 Å². The Morgan fingerprint density at radius 2 is 1.69 bits per heavy atom. The second kappa shape index (κ2) is 8.91. The van der Waals surface area contributed by atoms with Crippen LogP contribution in [0, 0.1) is 0 Å². The molecule has 0 saturated carbocycles. The topological polar surface area (TPSA) is 96.0 Å². The quantitative estimate of drug-likeness (QED) is 0.745. The summed E-state index contributed by atoms with van der Waals surface area (Å²) in [5.74, 6) is -0.203. The van der Waals surface area contributed by atoms with Gasteiger partial charge in [-0.1, -0.05) is 12.1 Å². The van der Waals surface area contributed by atoms with E-state index in [1.54, 1.807) is 46.2 Å². The zero-order valence-electron chi connectivity index (χ0n) is 18.2. The van der Waals surface area contributed by atoms with Gasteiger partial charge in [0.2, 0.25) is 5.91 Å². The zero-order valence-corrected chi connectivity index (χ0v) is 19.0. The molecule has 2 fully saturated rings. The fraction of sp³-hybridized carbons (Fsp3) is 0.391. The summed E-state index contributed by atoms with van der Waals surface area (Å²) in [6.45, 7) is 5.34. The van der Waals surface area contributed by atoms with Gasteiger partial charge in [0.15, 0.2) is 0 Å². The molecule has 2 atom stereocenters. The Morgan fingerprint density at radius 1 is 1.03 bits per heavy atom. The SMILES string of the molecule is CC1CN(C(=O)c2ccccc2NS(=O)(=O)c2ccc(N3CCCC3=O)cc2)CC(C)O1. The first-order valence-corrected chi connectivity index (χ1v) is 12.2. The summed E-state index contributed by atoms with van der Waals surface area (Å²) in [7, 11) is -3.92. The summed E-state index contributed by atoms with van der Waals surface area (Å²) in [6.07, 6.45) is 1.12. The summed E-state index contributed by atoms with van der Waals surface area (Å²) >= 11 is 0. The van der Waals surface area contributed by atoms with E-state index in [4.69, 9.17) is 4.74 Å². The number of benzene rings is 2. The van der Waals surface area contributed by atoms with Crippen molar-refractivity contribution in [2.24, 2.45) is 0 Å². The highest BCUT2D eigenvalue weighted by Gasteiger charge is 2.29. The number of anilines is 2. The third kappa shape index (κ3) is 4.63. The monoisotopic (exact) mass is 457 g/mol. The van der Waals surface area contributed by atoms with E-state index >= 15 is 0 Å². The number of amides is 2. The molecular formula is C23H27N3O5S. The second-order valence-corrected chi connectivity index (χ2v) is 9.94. The Balaban J connectivity index is 1.55. The number of para-hydroxylation sites is 1. The number of ether oxygens (including phenoxy) is 1. The van der Waals surface area contributed by atoms with Crippen molar-refractivity contribution < 1.29 is 22.7 Å². The predicted molar refractivity (Wildman–Crippen MR) is 121 cm³/mol. The number of morpholine rings is 1. The Kier molecular flexibility index (Phi) is 6.21. The van der Waals surface area contributed by atoms with Crippen LogP contribution in [0.2, 0.25) is 0 Å². The predicted octanol–water partition coefficient (Wildman–Crippen LogP) is 2.86. The molecule has 2 aromatic carbocycles. The molecule has 8 nitrogen and oxygen atoms in total. The van der Waals surface area contributed by atoms with Crippen LogP contribution in [0.3, 0.4) is 0 Å². The van der Waals surface area contributed by atoms with E-state index in [1.165, 1.54) is 12.1 Å². The van der Waals surface area contributed by atoms with Crippen molar-refractivity contribution >= 4 is 33.2 Å². The molecule has 9 heteroatoms. The highest BCUT2D eigenvalue weighted by Crippen LogP contribution is 2.26. The molecule has 0 aromatic heterocycles. The lowest BCUT2D eigenvalue weighted by atomic mass is 10.1. The number of hydrogen-bond acceptors (Lipinski definition) is 5. The maximum Gasteiger partial charge on any atom is 0.261 e. The van der Waals surface area contributed by atoms with E-state index in [2.05, 4.69) is 4.72 Å². The van der Waals surface area contributed by atoms with Gasteiger partial charge in [0.05, 0.1) is 28.4 Å². The van der Waals surface area contributed by atoms with E-state index in [1.807, 2.05) is 13.8 Å². The molecule has 1 N–H and O–H groups in total. The second-order valence-electron chi connectivity index (χ2n) is 8.26. The average molecular weight is 458 g/mol. The molecule has 2 saturated heterocycles. The number of carbonyl (C=O) groups is 2. The van der Waals surface area contributed by atoms with Gasteiger partial charge < -0.3 is 14.5 Å². The van der Waals surface area contributed by atoms with Gasteiger partial charge in [-0.05, 0) is 56.7 Å². The van der Waals surface area contributed by atoms with Gasteiger partial charge in [-0.3, -0.25) is 14.3 Å². The molecule has 32 heavy (non-hydrogen) atoms. The van der Waals surface area contributed by atoms with Crippen LogP contribution in [0.4, 0.5) is 11.4 Å². The Bertz CT molecular complexity index is 1110. The van der Waals surface area contributed by atoms with Crippen LogP contribution in [0.1, 0.15) is 37.0 Å². The summed E-state index contributed by atoms with van der Waals surface area (Å²) in [5, 5.41) is 0. The van der Waals surface area contributed by atoms with E-state index in [9.17, 15) is 18.0 Å². The Morgan fingerprint density at radius 3 is 2.31 bits per heavy atom. The molecule has 170 valence electrons. The number of rotatable bonds is 5. The van der Waals surface area contributed by atoms with Gasteiger partial charge >= 0.3 is 0 Å². The van der Waals surface area contributed by atoms with Crippen molar-refractivity contribution in [1.29, 1.82) is 0 Å². The molecule has 0 radical (unpaired) electrons. The molecule has 0 bridgehead atoms. The first-order valence-electron chi connectivity index (χ1n) is 10.7. The van der Waals surface area contributed by atoms with Crippen LogP contribution in [-0.4, -0.2) is 57.0 Å². The zero-order chi connectivity index (χ0) is 22.9. The molecule has 2 unspecified atom stereocenters. The van der Waals surface area contributed by atoms with Crippen LogP contribution in [-0.2, 0) is 19.6 Å². The first-order chi connectivity index (χ1) is 15.2. The molecule has 2 heterocycles. The molecule has 2 aromatic rings. The number of nitrogens with one attached hydrogen (secondary N) is 1. The number of carbonyl (C=O) groups excluding carboxylic acids is 2. The van der Waals surface area contributed by atoms with E-state index in [0.29, 0.717) is 31.7 Å². The summed E-state index contributed by atoms with van der Waals surface area (Å²) < 4.78 is 34.3. The molecule has 0 spiro atoms. The van der Waals surface area contributed by atoms with Crippen LogP contribution in [0.15, 0.2) is 53.4 Å². The number of hydrogen-bond donors (Lipinski definition) is 1. The lowest BCUT2D eigenvalue weighted by Crippen LogP contribution is -2.48. The summed E-state index contributed by atoms with van der Waals surface area (Å²) in [6, 6.07) is 12.8. The molecule has 2 amide bonds. The summed E-state index contributed by atoms with van der Waals surface area (Å²) in [5.41, 5.74) is 1.19. The van der Waals surface area contributed by atoms with Crippen molar-refractivity contribution in [1.82, 2.24) is 4.90 Å². The lowest BCUT2D eigenvalue weighted by Gasteiger charge is -2.35. The van der Waals surface area contributed by atoms with Crippen molar-refractivity contribution in [3.8, 4) is 0 Å². The van der Waals surface area contributed by atoms with Crippen LogP contribution >= 0.6 is 0 Å². The largest absolute Gasteiger partial charge is 0.372 e. The minimum Gasteiger partial charge on any atom is -0.372 e. The normalized spacial score (nSPS) is 21.6. The fourth-order valence-corrected chi connectivity index (χ4v) is 5.28. The van der Waals surface area contributed by atoms with Gasteiger partial charge in [-0.15, -0.1) is 0 Å². The van der Waals surface area contributed by atoms with Crippen molar-refractivity contribution in [3.63, 3.8) is 0 Å². The Labute approximate surface area is 188 Å². The van der Waals surface area contributed by atoms with Gasteiger partial charge in [0, 0.05) is 31.7 Å². The van der Waals surface area contributed by atoms with Crippen molar-refractivity contribution in [2.45, 2.75) is 43.8 Å². The third-order valence-electron chi connectivity index (χ3n) is 5.64. The molecular weight excluding hydrogens is 430 g/mol. The van der Waals surface area contributed by atoms with Crippen LogP contribution in [0.25, 0.3) is 0 Å². The minimum absolute atomic E-state index is 0.0397. The molecule has 2 aliphatic rings. The number of sulfonamides is 1. The first kappa shape index (κ1) is 22.3. The minimum atomic E-state index is -3.92. The highest BCUT2D eigenvalue weighted by molar-refractivity contribution is 7.92. The summed E-state index contributed by atoms with van der Waals surface area (Å²) in [4.78, 5) is 28.5. The average Bonchev–Trinajstić information content (AvgIpc) is 3.18. The smallest absolute Gasteiger partial charge is 0.261 e. The van der Waals surface area contributed by atoms with Crippen LogP contribution < -0.4 is 9.62 Å². The lowest BCUT2D eigenvalue weighted by molar-refractivity contribution is -0.117. The molecule has 0 aliphatic carbocycles. The van der Waals surface area contributed by atoms with Gasteiger partial charge in [0.25, 0.3) is 15.9 Å². The van der Waals surface area contributed by atoms with Crippen molar-refractivity contribution in [3.05, 3.63) is 54.1 Å². The molecule has 2 aliphatic heterocycles. The van der Waals surface area contributed by atoms with Gasteiger partial charge in [-0.25, -0.2) is 8.42 Å².